The molecule has 7 heteroatoms. The van der Waals surface area contributed by atoms with E-state index in [4.69, 9.17) is 4.74 Å². The van der Waals surface area contributed by atoms with Gasteiger partial charge in [0.25, 0.3) is 0 Å². The van der Waals surface area contributed by atoms with E-state index in [1.165, 1.54) is 16.9 Å². The van der Waals surface area contributed by atoms with E-state index in [0.717, 1.165) is 21.7 Å². The molecule has 0 saturated heterocycles. The molecule has 0 saturated carbocycles. The van der Waals surface area contributed by atoms with Gasteiger partial charge in [0, 0.05) is 31.0 Å². The van der Waals surface area contributed by atoms with Crippen LogP contribution in [0.1, 0.15) is 17.0 Å². The second-order valence-electron chi connectivity index (χ2n) is 6.37. The molecule has 0 atom stereocenters. The van der Waals surface area contributed by atoms with Crippen molar-refractivity contribution in [2.45, 2.75) is 19.4 Å². The molecule has 0 aliphatic heterocycles. The van der Waals surface area contributed by atoms with Gasteiger partial charge in [0.05, 0.1) is 12.6 Å². The Labute approximate surface area is 166 Å². The van der Waals surface area contributed by atoms with Crippen molar-refractivity contribution >= 4 is 33.3 Å². The highest BCUT2D eigenvalue weighted by molar-refractivity contribution is 7.15. The highest BCUT2D eigenvalue weighted by Crippen LogP contribution is 2.26. The van der Waals surface area contributed by atoms with Crippen LogP contribution in [0.15, 0.2) is 60.8 Å². The van der Waals surface area contributed by atoms with Gasteiger partial charge in [-0.3, -0.25) is 4.79 Å². The standard InChI is InChI=1S/C21H20N4O2S/c1-27-17-9-5-8-16-10-12-25(20(16)17)13-11-18(26)22-21-24-23-19(28-21)14-15-6-3-2-4-7-15/h2-10,12H,11,13-14H2,1H3,(H,22,24,26). The summed E-state index contributed by atoms with van der Waals surface area (Å²) < 4.78 is 7.48. The third-order valence-corrected chi connectivity index (χ3v) is 5.30. The van der Waals surface area contributed by atoms with E-state index in [-0.39, 0.29) is 5.91 Å². The first kappa shape index (κ1) is 18.2. The number of amides is 1. The van der Waals surface area contributed by atoms with Crippen LogP contribution in [0.5, 0.6) is 5.75 Å². The maximum atomic E-state index is 12.3. The first-order chi connectivity index (χ1) is 13.7. The molecule has 2 aromatic carbocycles. The third-order valence-electron chi connectivity index (χ3n) is 4.46. The van der Waals surface area contributed by atoms with E-state index in [0.29, 0.717) is 24.5 Å². The number of ether oxygens (including phenoxy) is 1. The van der Waals surface area contributed by atoms with Gasteiger partial charge in [0.15, 0.2) is 0 Å². The van der Waals surface area contributed by atoms with Crippen molar-refractivity contribution in [2.24, 2.45) is 0 Å². The molecule has 0 aliphatic carbocycles. The number of aryl methyl sites for hydroxylation is 1. The molecule has 2 aromatic heterocycles. The fraction of sp³-hybridized carbons (Fsp3) is 0.190. The first-order valence-electron chi connectivity index (χ1n) is 9.01. The zero-order valence-corrected chi connectivity index (χ0v) is 16.3. The number of methoxy groups -OCH3 is 1. The summed E-state index contributed by atoms with van der Waals surface area (Å²) in [6, 6.07) is 18.0. The number of fused-ring (bicyclic) bond motifs is 1. The Morgan fingerprint density at radius 2 is 1.96 bits per heavy atom. The Kier molecular flexibility index (Phi) is 5.34. The number of carbonyl (C=O) groups is 1. The fourth-order valence-electron chi connectivity index (χ4n) is 3.13. The number of carbonyl (C=O) groups excluding carboxylic acids is 1. The predicted octanol–water partition coefficient (Wildman–Crippen LogP) is 4.12. The largest absolute Gasteiger partial charge is 0.495 e. The van der Waals surface area contributed by atoms with E-state index < -0.39 is 0 Å². The number of hydrogen-bond acceptors (Lipinski definition) is 5. The van der Waals surface area contributed by atoms with Gasteiger partial charge in [0.2, 0.25) is 11.0 Å². The predicted molar refractivity (Wildman–Crippen MR) is 111 cm³/mol. The minimum atomic E-state index is -0.0841. The molecule has 0 aliphatic rings. The van der Waals surface area contributed by atoms with Crippen LogP contribution in [0.4, 0.5) is 5.13 Å². The van der Waals surface area contributed by atoms with E-state index in [9.17, 15) is 4.79 Å². The molecule has 0 bridgehead atoms. The molecule has 1 N–H and O–H groups in total. The second kappa shape index (κ2) is 8.22. The highest BCUT2D eigenvalue weighted by Gasteiger charge is 2.11. The Morgan fingerprint density at radius 3 is 2.79 bits per heavy atom. The molecule has 4 aromatic rings. The molecule has 0 radical (unpaired) electrons. The smallest absolute Gasteiger partial charge is 0.227 e. The van der Waals surface area contributed by atoms with Crippen LogP contribution in [0.25, 0.3) is 10.9 Å². The van der Waals surface area contributed by atoms with Gasteiger partial charge in [-0.05, 0) is 17.7 Å². The van der Waals surface area contributed by atoms with Crippen molar-refractivity contribution in [1.29, 1.82) is 0 Å². The SMILES string of the molecule is COc1cccc2ccn(CCC(=O)Nc3nnc(Cc4ccccc4)s3)c12. The second-order valence-corrected chi connectivity index (χ2v) is 7.43. The molecule has 1 amide bonds. The lowest BCUT2D eigenvalue weighted by Crippen LogP contribution is -2.14. The molecule has 2 heterocycles. The molecule has 0 fully saturated rings. The van der Waals surface area contributed by atoms with Crippen LogP contribution in [0.2, 0.25) is 0 Å². The van der Waals surface area contributed by atoms with Crippen LogP contribution in [-0.4, -0.2) is 27.8 Å². The van der Waals surface area contributed by atoms with E-state index in [1.807, 2.05) is 53.2 Å². The van der Waals surface area contributed by atoms with E-state index >= 15 is 0 Å². The maximum Gasteiger partial charge on any atom is 0.227 e. The normalized spacial score (nSPS) is 10.9. The Bertz CT molecular complexity index is 1090. The third kappa shape index (κ3) is 4.04. The molecule has 4 rings (SSSR count). The molecular formula is C21H20N4O2S. The molecule has 0 spiro atoms. The fourth-order valence-corrected chi connectivity index (χ4v) is 3.92. The summed E-state index contributed by atoms with van der Waals surface area (Å²) in [7, 11) is 1.65. The number of rotatable bonds is 7. The minimum absolute atomic E-state index is 0.0841. The summed E-state index contributed by atoms with van der Waals surface area (Å²) in [5.41, 5.74) is 2.17. The van der Waals surface area contributed by atoms with Crippen molar-refractivity contribution < 1.29 is 9.53 Å². The molecule has 6 nitrogen and oxygen atoms in total. The van der Waals surface area contributed by atoms with E-state index in [1.54, 1.807) is 7.11 Å². The number of aromatic nitrogens is 3. The number of benzene rings is 2. The lowest BCUT2D eigenvalue weighted by atomic mass is 10.2. The van der Waals surface area contributed by atoms with Gasteiger partial charge in [-0.15, -0.1) is 10.2 Å². The molecule has 142 valence electrons. The summed E-state index contributed by atoms with van der Waals surface area (Å²) in [4.78, 5) is 12.3. The Morgan fingerprint density at radius 1 is 1.11 bits per heavy atom. The van der Waals surface area contributed by atoms with Crippen molar-refractivity contribution in [1.82, 2.24) is 14.8 Å². The van der Waals surface area contributed by atoms with Crippen molar-refractivity contribution in [3.05, 3.63) is 71.4 Å². The van der Waals surface area contributed by atoms with Crippen molar-refractivity contribution in [2.75, 3.05) is 12.4 Å². The van der Waals surface area contributed by atoms with Crippen LogP contribution >= 0.6 is 11.3 Å². The average molecular weight is 392 g/mol. The topological polar surface area (TPSA) is 69.0 Å². The summed E-state index contributed by atoms with van der Waals surface area (Å²) in [6.45, 7) is 0.561. The summed E-state index contributed by atoms with van der Waals surface area (Å²) in [6.07, 6.45) is 3.03. The zero-order valence-electron chi connectivity index (χ0n) is 15.5. The van der Waals surface area contributed by atoms with Crippen molar-refractivity contribution in [3.63, 3.8) is 0 Å². The van der Waals surface area contributed by atoms with E-state index in [2.05, 4.69) is 27.6 Å². The first-order valence-corrected chi connectivity index (χ1v) is 9.82. The number of anilines is 1. The molecule has 0 unspecified atom stereocenters. The van der Waals surface area contributed by atoms with Crippen molar-refractivity contribution in [3.8, 4) is 5.75 Å². The number of nitrogens with one attached hydrogen (secondary N) is 1. The van der Waals surface area contributed by atoms with Crippen LogP contribution in [-0.2, 0) is 17.8 Å². The average Bonchev–Trinajstić information content (AvgIpc) is 3.33. The van der Waals surface area contributed by atoms with Gasteiger partial charge >= 0.3 is 0 Å². The number of para-hydroxylation sites is 1. The zero-order chi connectivity index (χ0) is 19.3. The number of hydrogen-bond donors (Lipinski definition) is 1. The van der Waals surface area contributed by atoms with Gasteiger partial charge in [-0.1, -0.05) is 53.8 Å². The van der Waals surface area contributed by atoms with Crippen LogP contribution in [0, 0.1) is 0 Å². The lowest BCUT2D eigenvalue weighted by Gasteiger charge is -2.08. The Balaban J connectivity index is 1.37. The molecule has 28 heavy (non-hydrogen) atoms. The van der Waals surface area contributed by atoms with Gasteiger partial charge in [0.1, 0.15) is 10.8 Å². The minimum Gasteiger partial charge on any atom is -0.495 e. The maximum absolute atomic E-state index is 12.3. The van der Waals surface area contributed by atoms with Crippen LogP contribution in [0.3, 0.4) is 0 Å². The van der Waals surface area contributed by atoms with Gasteiger partial charge in [-0.2, -0.15) is 0 Å². The summed E-state index contributed by atoms with van der Waals surface area (Å²) >= 11 is 1.41. The van der Waals surface area contributed by atoms with Gasteiger partial charge < -0.3 is 14.6 Å². The Hall–Kier alpha value is -3.19. The number of nitrogens with zero attached hydrogens (tertiary/aromatic N) is 3. The summed E-state index contributed by atoms with van der Waals surface area (Å²) in [5, 5.41) is 13.6. The lowest BCUT2D eigenvalue weighted by molar-refractivity contribution is -0.116. The van der Waals surface area contributed by atoms with Crippen LogP contribution < -0.4 is 10.1 Å². The quantitative estimate of drug-likeness (QED) is 0.514. The summed E-state index contributed by atoms with van der Waals surface area (Å²) in [5.74, 6) is 0.719. The monoisotopic (exact) mass is 392 g/mol. The molecular weight excluding hydrogens is 372 g/mol. The van der Waals surface area contributed by atoms with Gasteiger partial charge in [-0.25, -0.2) is 0 Å². The highest BCUT2D eigenvalue weighted by atomic mass is 32.1.